The first-order chi connectivity index (χ1) is 6.81. The normalized spacial score (nSPS) is 11.7. The average Bonchev–Trinajstić information content (AvgIpc) is 2.18. The van der Waals surface area contributed by atoms with Crippen molar-refractivity contribution in [1.29, 1.82) is 0 Å². The zero-order valence-electron chi connectivity index (χ0n) is 9.72. The second kappa shape index (κ2) is 10.5. The Kier molecular flexibility index (Phi) is 10.0. The predicted octanol–water partition coefficient (Wildman–Crippen LogP) is 4.27. The van der Waals surface area contributed by atoms with Gasteiger partial charge in [0.2, 0.25) is 0 Å². The van der Waals surface area contributed by atoms with Crippen LogP contribution in [0.5, 0.6) is 0 Å². The van der Waals surface area contributed by atoms with E-state index in [1.165, 1.54) is 31.3 Å². The Bertz CT molecular complexity index is 159. The number of carbonyl (C=O) groups is 1. The molecule has 14 heavy (non-hydrogen) atoms. The number of allylic oxidation sites excluding steroid dienone is 2. The van der Waals surface area contributed by atoms with Gasteiger partial charge in [0.05, 0.1) is 0 Å². The topological polar surface area (TPSA) is 17.1 Å². The zero-order valence-corrected chi connectivity index (χ0v) is 9.72. The van der Waals surface area contributed by atoms with E-state index in [0.717, 1.165) is 32.0 Å². The van der Waals surface area contributed by atoms with Crippen molar-refractivity contribution < 1.29 is 4.79 Å². The predicted molar refractivity (Wildman–Crippen MR) is 62.4 cm³/mol. The summed E-state index contributed by atoms with van der Waals surface area (Å²) in [5, 5.41) is 0. The molecule has 0 aromatic heterocycles. The Morgan fingerprint density at radius 2 is 1.79 bits per heavy atom. The number of rotatable bonds is 9. The summed E-state index contributed by atoms with van der Waals surface area (Å²) in [4.78, 5) is 10.1. The van der Waals surface area contributed by atoms with Crippen LogP contribution in [0.25, 0.3) is 0 Å². The van der Waals surface area contributed by atoms with Crippen LogP contribution in [-0.4, -0.2) is 6.29 Å². The largest absolute Gasteiger partial charge is 0.303 e. The van der Waals surface area contributed by atoms with Gasteiger partial charge in [-0.3, -0.25) is 0 Å². The highest BCUT2D eigenvalue weighted by atomic mass is 16.1. The third-order valence-electron chi connectivity index (χ3n) is 2.44. The van der Waals surface area contributed by atoms with Gasteiger partial charge in [-0.15, -0.1) is 0 Å². The van der Waals surface area contributed by atoms with Gasteiger partial charge in [0.15, 0.2) is 0 Å². The van der Waals surface area contributed by atoms with Crippen molar-refractivity contribution in [2.45, 2.75) is 65.2 Å². The van der Waals surface area contributed by atoms with Crippen LogP contribution in [-0.2, 0) is 4.79 Å². The molecule has 0 fully saturated rings. The average molecular weight is 196 g/mol. The summed E-state index contributed by atoms with van der Waals surface area (Å²) < 4.78 is 0. The highest BCUT2D eigenvalue weighted by Crippen LogP contribution is 2.10. The van der Waals surface area contributed by atoms with Gasteiger partial charge in [-0.25, -0.2) is 0 Å². The molecule has 82 valence electrons. The number of hydrogen-bond donors (Lipinski definition) is 0. The van der Waals surface area contributed by atoms with Crippen molar-refractivity contribution in [2.24, 2.45) is 0 Å². The highest BCUT2D eigenvalue weighted by Gasteiger charge is 1.90. The van der Waals surface area contributed by atoms with E-state index in [0.29, 0.717) is 0 Å². The molecule has 0 unspecified atom stereocenters. The van der Waals surface area contributed by atoms with Gasteiger partial charge in [-0.05, 0) is 39.0 Å². The first kappa shape index (κ1) is 13.4. The van der Waals surface area contributed by atoms with Crippen molar-refractivity contribution >= 4 is 6.29 Å². The summed E-state index contributed by atoms with van der Waals surface area (Å²) in [6.07, 6.45) is 12.6. The van der Waals surface area contributed by atoms with Crippen LogP contribution in [0.3, 0.4) is 0 Å². The van der Waals surface area contributed by atoms with Crippen LogP contribution >= 0.6 is 0 Å². The second-order valence-corrected chi connectivity index (χ2v) is 3.96. The maximum atomic E-state index is 10.1. The third-order valence-corrected chi connectivity index (χ3v) is 2.44. The minimum atomic E-state index is 0.725. The zero-order chi connectivity index (χ0) is 10.6. The van der Waals surface area contributed by atoms with Crippen LogP contribution in [0, 0.1) is 0 Å². The molecule has 0 saturated carbocycles. The van der Waals surface area contributed by atoms with Crippen molar-refractivity contribution in [3.05, 3.63) is 11.6 Å². The lowest BCUT2D eigenvalue weighted by molar-refractivity contribution is -0.107. The molecule has 0 heterocycles. The van der Waals surface area contributed by atoms with E-state index in [4.69, 9.17) is 0 Å². The van der Waals surface area contributed by atoms with Crippen LogP contribution in [0.4, 0.5) is 0 Å². The van der Waals surface area contributed by atoms with E-state index < -0.39 is 0 Å². The lowest BCUT2D eigenvalue weighted by Crippen LogP contribution is -1.81. The summed E-state index contributed by atoms with van der Waals surface area (Å²) >= 11 is 0. The van der Waals surface area contributed by atoms with E-state index in [9.17, 15) is 4.79 Å². The standard InChI is InChI=1S/C13H24O/c1-3-4-7-10-13(2)11-8-5-6-9-12-14/h11-12H,3-10H2,1-2H3. The molecule has 0 aliphatic rings. The van der Waals surface area contributed by atoms with Crippen molar-refractivity contribution in [1.82, 2.24) is 0 Å². The molecular formula is C13H24O. The number of aldehydes is 1. The fraction of sp³-hybridized carbons (Fsp3) is 0.769. The summed E-state index contributed by atoms with van der Waals surface area (Å²) in [7, 11) is 0. The van der Waals surface area contributed by atoms with Gasteiger partial charge in [0.1, 0.15) is 6.29 Å². The van der Waals surface area contributed by atoms with Crippen molar-refractivity contribution in [3.8, 4) is 0 Å². The van der Waals surface area contributed by atoms with E-state index in [1.54, 1.807) is 0 Å². The first-order valence-electron chi connectivity index (χ1n) is 5.90. The molecule has 0 aromatic carbocycles. The van der Waals surface area contributed by atoms with E-state index in [1.807, 2.05) is 0 Å². The monoisotopic (exact) mass is 196 g/mol. The number of carbonyl (C=O) groups excluding carboxylic acids is 1. The molecule has 0 spiro atoms. The van der Waals surface area contributed by atoms with Crippen LogP contribution < -0.4 is 0 Å². The maximum absolute atomic E-state index is 10.1. The fourth-order valence-electron chi connectivity index (χ4n) is 1.48. The van der Waals surface area contributed by atoms with Crippen molar-refractivity contribution in [3.63, 3.8) is 0 Å². The Morgan fingerprint density at radius 1 is 1.07 bits per heavy atom. The maximum Gasteiger partial charge on any atom is 0.119 e. The summed E-state index contributed by atoms with van der Waals surface area (Å²) in [5.41, 5.74) is 1.52. The SMILES string of the molecule is CCCCCC(C)=CCCCCC=O. The highest BCUT2D eigenvalue weighted by molar-refractivity contribution is 5.48. The van der Waals surface area contributed by atoms with E-state index in [-0.39, 0.29) is 0 Å². The number of hydrogen-bond acceptors (Lipinski definition) is 1. The molecule has 0 amide bonds. The Balaban J connectivity index is 3.31. The number of unbranched alkanes of at least 4 members (excludes halogenated alkanes) is 5. The van der Waals surface area contributed by atoms with E-state index >= 15 is 0 Å². The molecule has 0 aromatic rings. The minimum absolute atomic E-state index is 0.725. The molecular weight excluding hydrogens is 172 g/mol. The van der Waals surface area contributed by atoms with Crippen LogP contribution in [0.15, 0.2) is 11.6 Å². The first-order valence-corrected chi connectivity index (χ1v) is 5.90. The molecule has 0 rings (SSSR count). The van der Waals surface area contributed by atoms with Crippen LogP contribution in [0.1, 0.15) is 65.2 Å². The molecule has 0 aliphatic carbocycles. The molecule has 0 N–H and O–H groups in total. The molecule has 0 saturated heterocycles. The molecule has 0 bridgehead atoms. The summed E-state index contributed by atoms with van der Waals surface area (Å²) in [6.45, 7) is 4.45. The van der Waals surface area contributed by atoms with Crippen molar-refractivity contribution in [2.75, 3.05) is 0 Å². The molecule has 0 radical (unpaired) electrons. The van der Waals surface area contributed by atoms with Gasteiger partial charge in [-0.1, -0.05) is 31.4 Å². The summed E-state index contributed by atoms with van der Waals surface area (Å²) in [5.74, 6) is 0. The molecule has 0 atom stereocenters. The van der Waals surface area contributed by atoms with E-state index in [2.05, 4.69) is 19.9 Å². The van der Waals surface area contributed by atoms with Gasteiger partial charge in [0.25, 0.3) is 0 Å². The third kappa shape index (κ3) is 9.50. The Hall–Kier alpha value is -0.590. The van der Waals surface area contributed by atoms with Gasteiger partial charge in [-0.2, -0.15) is 0 Å². The fourth-order valence-corrected chi connectivity index (χ4v) is 1.48. The quantitative estimate of drug-likeness (QED) is 0.306. The lowest BCUT2D eigenvalue weighted by Gasteiger charge is -2.00. The second-order valence-electron chi connectivity index (χ2n) is 3.96. The van der Waals surface area contributed by atoms with Gasteiger partial charge in [0, 0.05) is 6.42 Å². The molecule has 1 heteroatoms. The molecule has 1 nitrogen and oxygen atoms in total. The van der Waals surface area contributed by atoms with Gasteiger partial charge < -0.3 is 4.79 Å². The summed E-state index contributed by atoms with van der Waals surface area (Å²) in [6, 6.07) is 0. The molecule has 0 aliphatic heterocycles. The smallest absolute Gasteiger partial charge is 0.119 e. The Labute approximate surface area is 88.6 Å². The lowest BCUT2D eigenvalue weighted by atomic mass is 10.1. The van der Waals surface area contributed by atoms with Gasteiger partial charge >= 0.3 is 0 Å². The minimum Gasteiger partial charge on any atom is -0.303 e. The van der Waals surface area contributed by atoms with Crippen LogP contribution in [0.2, 0.25) is 0 Å². The Morgan fingerprint density at radius 3 is 2.43 bits per heavy atom.